The van der Waals surface area contributed by atoms with Crippen molar-refractivity contribution >= 4 is 142 Å². The van der Waals surface area contributed by atoms with Gasteiger partial charge in [-0.2, -0.15) is 0 Å². The SMILES string of the molecule is CC1(C)c2ccccc2-c2ccc(-c3nc(-c4ccc(-n5c6ccccc6c6ccc7ccn(-c8ccccc8)c7c65)cc4)nc4ccccc34)cc21.c1ccc(-c2nc(-c3ccc(-n4c5ccccc5c5ccc6ccn(-c7ccccc7)c6c54)cc3)nc3ccccc23)cc1.c1ccc(-n2ccc3ccc4c5ccccc5n(-c5ccc(-c6nc(-c7ccc8ccccc8c7)c7ccccc7n6)cc5)c4c32)cc1. The second kappa shape index (κ2) is 34.1. The zero-order chi connectivity index (χ0) is 95.9. The van der Waals surface area contributed by atoms with Gasteiger partial charge < -0.3 is 27.4 Å². The molecular weight excluding hydrogens is 1770 g/mol. The molecule has 0 N–H and O–H groups in total. The fourth-order valence-electron chi connectivity index (χ4n) is 22.6. The van der Waals surface area contributed by atoms with Crippen LogP contribution in [0.2, 0.25) is 0 Å². The van der Waals surface area contributed by atoms with E-state index in [9.17, 15) is 0 Å². The summed E-state index contributed by atoms with van der Waals surface area (Å²) in [5.74, 6) is 2.15. The van der Waals surface area contributed by atoms with Gasteiger partial charge in [0.05, 0.1) is 83.3 Å². The summed E-state index contributed by atoms with van der Waals surface area (Å²) >= 11 is 0. The fourth-order valence-corrected chi connectivity index (χ4v) is 22.6. The van der Waals surface area contributed by atoms with E-state index in [1.165, 1.54) is 131 Å². The molecule has 0 spiro atoms. The van der Waals surface area contributed by atoms with E-state index in [2.05, 4.69) is 515 Å². The highest BCUT2D eigenvalue weighted by Gasteiger charge is 2.36. The Morgan fingerprint density at radius 3 is 0.890 bits per heavy atom. The van der Waals surface area contributed by atoms with Crippen molar-refractivity contribution in [2.75, 3.05) is 0 Å². The first kappa shape index (κ1) is 83.8. The topological polar surface area (TPSA) is 107 Å². The summed E-state index contributed by atoms with van der Waals surface area (Å²) in [4.78, 5) is 30.7. The van der Waals surface area contributed by atoms with Crippen LogP contribution in [-0.2, 0) is 5.41 Å². The van der Waals surface area contributed by atoms with Crippen molar-refractivity contribution in [1.82, 2.24) is 57.3 Å². The molecule has 20 aromatic carbocycles. The lowest BCUT2D eigenvalue weighted by Gasteiger charge is -2.22. The maximum absolute atomic E-state index is 5.31. The zero-order valence-electron chi connectivity index (χ0n) is 79.2. The van der Waals surface area contributed by atoms with Crippen LogP contribution in [0.5, 0.6) is 0 Å². The first-order chi connectivity index (χ1) is 71.7. The van der Waals surface area contributed by atoms with E-state index in [0.29, 0.717) is 5.82 Å². The lowest BCUT2D eigenvalue weighted by Crippen LogP contribution is -2.14. The Morgan fingerprint density at radius 2 is 0.483 bits per heavy atom. The van der Waals surface area contributed by atoms with E-state index in [1.54, 1.807) is 0 Å². The quantitative estimate of drug-likeness (QED) is 0.121. The largest absolute Gasteiger partial charge is 0.315 e. The van der Waals surface area contributed by atoms with Gasteiger partial charge in [0, 0.05) is 156 Å². The fraction of sp³-hybridized carbons (Fsp3) is 0.0226. The normalized spacial score (nSPS) is 12.3. The molecule has 30 rings (SSSR count). The van der Waals surface area contributed by atoms with Crippen LogP contribution in [-0.4, -0.2) is 57.3 Å². The summed E-state index contributed by atoms with van der Waals surface area (Å²) < 4.78 is 14.1. The highest BCUT2D eigenvalue weighted by atomic mass is 15.1. The molecule has 0 unspecified atom stereocenters. The van der Waals surface area contributed by atoms with Crippen molar-refractivity contribution in [1.29, 1.82) is 0 Å². The number of fused-ring (bicyclic) bond motifs is 22. The molecule has 0 saturated heterocycles. The van der Waals surface area contributed by atoms with Crippen LogP contribution in [0.25, 0.3) is 255 Å². The first-order valence-corrected chi connectivity index (χ1v) is 49.4. The Hall–Kier alpha value is -19.3. The average Bonchev–Trinajstić information content (AvgIpc) is 1.61. The molecular formula is C133H88N12. The minimum atomic E-state index is -0.0927. The van der Waals surface area contributed by atoms with Crippen molar-refractivity contribution in [3.8, 4) is 113 Å². The number of hydrogen-bond acceptors (Lipinski definition) is 6. The van der Waals surface area contributed by atoms with Crippen LogP contribution in [0.3, 0.4) is 0 Å². The summed E-state index contributed by atoms with van der Waals surface area (Å²) in [5.41, 5.74) is 34.5. The highest BCUT2D eigenvalue weighted by Crippen LogP contribution is 2.51. The Bertz CT molecular complexity index is 10200. The van der Waals surface area contributed by atoms with Crippen LogP contribution in [0.15, 0.2) is 498 Å². The highest BCUT2D eigenvalue weighted by molar-refractivity contribution is 6.21. The minimum absolute atomic E-state index is 0.0927. The number of nitrogens with zero attached hydrogens (tertiary/aromatic N) is 12. The Labute approximate surface area is 834 Å². The van der Waals surface area contributed by atoms with Gasteiger partial charge in [-0.05, 0) is 209 Å². The number of aromatic nitrogens is 12. The summed E-state index contributed by atoms with van der Waals surface area (Å²) in [5, 5.41) is 16.6. The van der Waals surface area contributed by atoms with Crippen LogP contribution >= 0.6 is 0 Å². The second-order valence-corrected chi connectivity index (χ2v) is 38.1. The molecule has 0 fully saturated rings. The maximum atomic E-state index is 5.31. The first-order valence-electron chi connectivity index (χ1n) is 49.4. The van der Waals surface area contributed by atoms with Gasteiger partial charge in [-0.3, -0.25) is 0 Å². The number of hydrogen-bond donors (Lipinski definition) is 0. The van der Waals surface area contributed by atoms with Gasteiger partial charge in [0.2, 0.25) is 0 Å². The molecule has 0 bridgehead atoms. The minimum Gasteiger partial charge on any atom is -0.315 e. The third kappa shape index (κ3) is 14.0. The molecule has 1 aliphatic rings. The average molecular weight is 1850 g/mol. The monoisotopic (exact) mass is 1850 g/mol. The number of rotatable bonds is 12. The predicted octanol–water partition coefficient (Wildman–Crippen LogP) is 33.5. The van der Waals surface area contributed by atoms with Crippen molar-refractivity contribution in [3.63, 3.8) is 0 Å². The zero-order valence-corrected chi connectivity index (χ0v) is 79.2. The van der Waals surface area contributed by atoms with Gasteiger partial charge in [-0.1, -0.05) is 317 Å². The molecule has 0 aliphatic heterocycles. The summed E-state index contributed by atoms with van der Waals surface area (Å²) in [6.45, 7) is 4.65. The van der Waals surface area contributed by atoms with Gasteiger partial charge in [-0.15, -0.1) is 0 Å². The maximum Gasteiger partial charge on any atom is 0.160 e. The molecule has 9 heterocycles. The van der Waals surface area contributed by atoms with Gasteiger partial charge in [0.15, 0.2) is 17.5 Å². The molecule has 1 aliphatic carbocycles. The van der Waals surface area contributed by atoms with Crippen molar-refractivity contribution in [3.05, 3.63) is 509 Å². The summed E-state index contributed by atoms with van der Waals surface area (Å²) in [6.07, 6.45) is 6.53. The number of benzene rings is 20. The van der Waals surface area contributed by atoms with Crippen molar-refractivity contribution in [2.45, 2.75) is 19.3 Å². The van der Waals surface area contributed by atoms with E-state index in [4.69, 9.17) is 29.9 Å². The van der Waals surface area contributed by atoms with Gasteiger partial charge in [0.1, 0.15) is 0 Å². The van der Waals surface area contributed by atoms with Crippen LogP contribution in [0.1, 0.15) is 25.0 Å². The lowest BCUT2D eigenvalue weighted by atomic mass is 9.82. The summed E-state index contributed by atoms with van der Waals surface area (Å²) in [6, 6.07) is 170. The van der Waals surface area contributed by atoms with E-state index in [0.717, 1.165) is 129 Å². The standard InChI is InChI=1S/C49H34N4.C44H28N4.C40H26N4/c1-49(2)41-17-9-6-14-36(41)37-26-23-33(30-42(37)49)45-40-16-7-10-18-43(40)50-48(51-45)32-20-24-35(25-21-32)53-44-19-11-8-15-38(44)39-27-22-31-28-29-52(46(31)47(39)53)34-12-4-3-5-13-34;1-2-12-34(13-3-1)47-27-26-30-22-25-37-36-14-7-9-17-40(36)48(43(37)42(30)47)35-23-20-31(21-24-35)44-45-39-16-8-6-15-38(39)41(46-44)33-19-18-29-10-4-5-11-32(29)28-33;1-3-11-27(12-4-1)37-34-16-7-9-17-35(34)41-40(42-37)29-19-22-31(23-20-29)44-36-18-10-8-15-32(36)33-24-21-28-25-26-43(38(28)39(33)44)30-13-5-2-6-14-30/h3-30H,1-2H3;1-28H;1-26H. The molecule has 0 amide bonds. The smallest absolute Gasteiger partial charge is 0.160 e. The molecule has 12 heteroatoms. The van der Waals surface area contributed by atoms with Crippen LogP contribution in [0.4, 0.5) is 0 Å². The molecule has 29 aromatic rings. The third-order valence-electron chi connectivity index (χ3n) is 29.4. The van der Waals surface area contributed by atoms with E-state index >= 15 is 0 Å². The lowest BCUT2D eigenvalue weighted by molar-refractivity contribution is 0.660. The van der Waals surface area contributed by atoms with E-state index in [1.807, 2.05) is 24.3 Å². The third-order valence-corrected chi connectivity index (χ3v) is 29.4. The molecule has 0 radical (unpaired) electrons. The molecule has 12 nitrogen and oxygen atoms in total. The second-order valence-electron chi connectivity index (χ2n) is 38.1. The molecule has 0 atom stereocenters. The summed E-state index contributed by atoms with van der Waals surface area (Å²) in [7, 11) is 0. The van der Waals surface area contributed by atoms with Crippen molar-refractivity contribution < 1.29 is 0 Å². The molecule has 0 saturated carbocycles. The van der Waals surface area contributed by atoms with Crippen LogP contribution < -0.4 is 0 Å². The molecule has 145 heavy (non-hydrogen) atoms. The van der Waals surface area contributed by atoms with E-state index in [-0.39, 0.29) is 5.41 Å². The van der Waals surface area contributed by atoms with Gasteiger partial charge >= 0.3 is 0 Å². The Kier molecular flexibility index (Phi) is 19.7. The van der Waals surface area contributed by atoms with Crippen LogP contribution in [0, 0.1) is 0 Å². The Balaban J connectivity index is 0.000000106. The number of para-hydroxylation sites is 9. The Morgan fingerprint density at radius 1 is 0.179 bits per heavy atom. The van der Waals surface area contributed by atoms with Gasteiger partial charge in [-0.25, -0.2) is 29.9 Å². The van der Waals surface area contributed by atoms with Crippen molar-refractivity contribution in [2.24, 2.45) is 0 Å². The molecule has 9 aromatic heterocycles. The van der Waals surface area contributed by atoms with E-state index < -0.39 is 0 Å². The predicted molar refractivity (Wildman–Crippen MR) is 600 cm³/mol. The molecule has 680 valence electrons. The van der Waals surface area contributed by atoms with Gasteiger partial charge in [0.25, 0.3) is 0 Å².